The van der Waals surface area contributed by atoms with Crippen molar-refractivity contribution in [2.75, 3.05) is 25.6 Å². The van der Waals surface area contributed by atoms with Crippen LogP contribution in [0.25, 0.3) is 0 Å². The summed E-state index contributed by atoms with van der Waals surface area (Å²) in [4.78, 5) is 26.5. The summed E-state index contributed by atoms with van der Waals surface area (Å²) >= 11 is 0. The number of amides is 2. The first-order chi connectivity index (χ1) is 14.2. The highest BCUT2D eigenvalue weighted by molar-refractivity contribution is 5.98. The van der Waals surface area contributed by atoms with E-state index in [0.717, 1.165) is 17.7 Å². The van der Waals surface area contributed by atoms with Crippen LogP contribution in [-0.4, -0.2) is 49.4 Å². The second-order valence-corrected chi connectivity index (χ2v) is 6.47. The van der Waals surface area contributed by atoms with Crippen LogP contribution in [0.1, 0.15) is 5.56 Å². The fourth-order valence-electron chi connectivity index (χ4n) is 2.94. The van der Waals surface area contributed by atoms with Crippen LogP contribution in [0, 0.1) is 0 Å². The maximum Gasteiger partial charge on any atom is 0.573 e. The van der Waals surface area contributed by atoms with Gasteiger partial charge in [0.15, 0.2) is 0 Å². The van der Waals surface area contributed by atoms with Crippen LogP contribution in [0.2, 0.25) is 0 Å². The molecule has 1 saturated heterocycles. The van der Waals surface area contributed by atoms with Gasteiger partial charge in [0, 0.05) is 18.3 Å². The molecule has 0 aliphatic carbocycles. The third-order valence-corrected chi connectivity index (χ3v) is 4.35. The molecule has 10 heteroatoms. The topological polar surface area (TPSA) is 77.1 Å². The minimum absolute atomic E-state index is 0.0352. The summed E-state index contributed by atoms with van der Waals surface area (Å²) in [6.07, 6.45) is -4.85. The average Bonchev–Trinajstić information content (AvgIpc) is 2.69. The van der Waals surface area contributed by atoms with Gasteiger partial charge in [0.2, 0.25) is 11.8 Å². The zero-order valence-corrected chi connectivity index (χ0v) is 15.9. The molecule has 0 spiro atoms. The highest BCUT2D eigenvalue weighted by Crippen LogP contribution is 2.25. The predicted molar refractivity (Wildman–Crippen MR) is 99.9 cm³/mol. The first kappa shape index (κ1) is 21.4. The van der Waals surface area contributed by atoms with Crippen LogP contribution < -0.4 is 14.8 Å². The standard InChI is InChI=1S/C20H19F3N2O5/c1-28-15-7-5-13(6-8-15)10-25-17(11-29-12-18(25)26)19(27)24-14-3-2-4-16(9-14)30-20(21,22)23/h2-9,17H,10-12H2,1H3,(H,24,27)/t17-/m0/s1. The molecule has 1 N–H and O–H groups in total. The van der Waals surface area contributed by atoms with Crippen LogP contribution >= 0.6 is 0 Å². The first-order valence-electron chi connectivity index (χ1n) is 8.92. The van der Waals surface area contributed by atoms with Gasteiger partial charge < -0.3 is 24.4 Å². The highest BCUT2D eigenvalue weighted by atomic mass is 19.4. The van der Waals surface area contributed by atoms with Crippen molar-refractivity contribution in [3.63, 3.8) is 0 Å². The molecule has 2 aromatic rings. The number of alkyl halides is 3. The Bertz CT molecular complexity index is 902. The number of benzene rings is 2. The van der Waals surface area contributed by atoms with Gasteiger partial charge >= 0.3 is 6.36 Å². The number of halogens is 3. The molecule has 1 fully saturated rings. The molecular formula is C20H19F3N2O5. The number of nitrogens with one attached hydrogen (secondary N) is 1. The van der Waals surface area contributed by atoms with Crippen molar-refractivity contribution in [2.45, 2.75) is 18.9 Å². The number of ether oxygens (including phenoxy) is 3. The Balaban J connectivity index is 1.72. The second kappa shape index (κ2) is 9.04. The number of morpholine rings is 1. The number of hydrogen-bond acceptors (Lipinski definition) is 5. The SMILES string of the molecule is COc1ccc(CN2C(=O)COC[C@H]2C(=O)Nc2cccc(OC(F)(F)F)c2)cc1. The minimum atomic E-state index is -4.85. The molecule has 2 aromatic carbocycles. The lowest BCUT2D eigenvalue weighted by Crippen LogP contribution is -2.54. The van der Waals surface area contributed by atoms with Crippen LogP contribution in [-0.2, 0) is 20.9 Å². The molecule has 0 radical (unpaired) electrons. The molecule has 2 amide bonds. The van der Waals surface area contributed by atoms with Gasteiger partial charge in [-0.25, -0.2) is 0 Å². The lowest BCUT2D eigenvalue weighted by Gasteiger charge is -2.34. The minimum Gasteiger partial charge on any atom is -0.497 e. The number of anilines is 1. The lowest BCUT2D eigenvalue weighted by atomic mass is 10.1. The van der Waals surface area contributed by atoms with E-state index >= 15 is 0 Å². The van der Waals surface area contributed by atoms with E-state index in [4.69, 9.17) is 9.47 Å². The maximum atomic E-state index is 12.7. The quantitative estimate of drug-likeness (QED) is 0.772. The van der Waals surface area contributed by atoms with Crippen molar-refractivity contribution in [1.29, 1.82) is 0 Å². The molecular weight excluding hydrogens is 405 g/mol. The largest absolute Gasteiger partial charge is 0.573 e. The van der Waals surface area contributed by atoms with E-state index in [9.17, 15) is 22.8 Å². The summed E-state index contributed by atoms with van der Waals surface area (Å²) in [5.74, 6) is -0.763. The van der Waals surface area contributed by atoms with Crippen molar-refractivity contribution in [3.05, 3.63) is 54.1 Å². The van der Waals surface area contributed by atoms with Gasteiger partial charge in [-0.05, 0) is 29.8 Å². The molecule has 3 rings (SSSR count). The van der Waals surface area contributed by atoms with E-state index in [1.54, 1.807) is 24.3 Å². The Morgan fingerprint density at radius 1 is 1.20 bits per heavy atom. The van der Waals surface area contributed by atoms with Gasteiger partial charge in [-0.2, -0.15) is 0 Å². The Morgan fingerprint density at radius 3 is 2.60 bits per heavy atom. The number of hydrogen-bond donors (Lipinski definition) is 1. The van der Waals surface area contributed by atoms with E-state index in [1.165, 1.54) is 24.1 Å². The maximum absolute atomic E-state index is 12.7. The number of nitrogens with zero attached hydrogens (tertiary/aromatic N) is 1. The van der Waals surface area contributed by atoms with Crippen molar-refractivity contribution in [1.82, 2.24) is 4.90 Å². The van der Waals surface area contributed by atoms with Gasteiger partial charge in [0.05, 0.1) is 13.7 Å². The summed E-state index contributed by atoms with van der Waals surface area (Å²) in [7, 11) is 1.54. The van der Waals surface area contributed by atoms with Crippen LogP contribution in [0.3, 0.4) is 0 Å². The second-order valence-electron chi connectivity index (χ2n) is 6.47. The van der Waals surface area contributed by atoms with E-state index in [-0.39, 0.29) is 31.4 Å². The predicted octanol–water partition coefficient (Wildman–Crippen LogP) is 2.96. The van der Waals surface area contributed by atoms with E-state index < -0.39 is 24.1 Å². The summed E-state index contributed by atoms with van der Waals surface area (Å²) in [6, 6.07) is 11.0. The summed E-state index contributed by atoms with van der Waals surface area (Å²) in [6.45, 7) is -0.0250. The molecule has 0 unspecified atom stereocenters. The summed E-state index contributed by atoms with van der Waals surface area (Å²) in [5, 5.41) is 2.51. The Labute approximate surface area is 170 Å². The molecule has 1 heterocycles. The Hall–Kier alpha value is -3.27. The number of carbonyl (C=O) groups excluding carboxylic acids is 2. The molecule has 1 aliphatic rings. The fourth-order valence-corrected chi connectivity index (χ4v) is 2.94. The zero-order valence-electron chi connectivity index (χ0n) is 15.9. The number of carbonyl (C=O) groups is 2. The van der Waals surface area contributed by atoms with Crippen molar-refractivity contribution in [3.8, 4) is 11.5 Å². The highest BCUT2D eigenvalue weighted by Gasteiger charge is 2.34. The van der Waals surface area contributed by atoms with Crippen LogP contribution in [0.15, 0.2) is 48.5 Å². The normalized spacial score (nSPS) is 16.9. The van der Waals surface area contributed by atoms with Crippen molar-refractivity contribution in [2.24, 2.45) is 0 Å². The van der Waals surface area contributed by atoms with Crippen molar-refractivity contribution < 1.29 is 37.0 Å². The van der Waals surface area contributed by atoms with Gasteiger partial charge in [-0.1, -0.05) is 18.2 Å². The molecule has 0 bridgehead atoms. The van der Waals surface area contributed by atoms with Gasteiger partial charge in [-0.3, -0.25) is 9.59 Å². The first-order valence-corrected chi connectivity index (χ1v) is 8.92. The van der Waals surface area contributed by atoms with Crippen LogP contribution in [0.5, 0.6) is 11.5 Å². The molecule has 30 heavy (non-hydrogen) atoms. The third kappa shape index (κ3) is 5.63. The molecule has 7 nitrogen and oxygen atoms in total. The number of rotatable bonds is 6. The summed E-state index contributed by atoms with van der Waals surface area (Å²) in [5.41, 5.74) is 0.883. The number of methoxy groups -OCH3 is 1. The van der Waals surface area contributed by atoms with Crippen molar-refractivity contribution >= 4 is 17.5 Å². The molecule has 0 saturated carbocycles. The van der Waals surface area contributed by atoms with Crippen LogP contribution in [0.4, 0.5) is 18.9 Å². The fraction of sp³-hybridized carbons (Fsp3) is 0.300. The molecule has 160 valence electrons. The molecule has 1 atom stereocenters. The smallest absolute Gasteiger partial charge is 0.497 e. The third-order valence-electron chi connectivity index (χ3n) is 4.35. The monoisotopic (exact) mass is 424 g/mol. The van der Waals surface area contributed by atoms with Gasteiger partial charge in [0.1, 0.15) is 24.1 Å². The van der Waals surface area contributed by atoms with Gasteiger partial charge in [0.25, 0.3) is 0 Å². The van der Waals surface area contributed by atoms with E-state index in [0.29, 0.717) is 5.75 Å². The Morgan fingerprint density at radius 2 is 1.93 bits per heavy atom. The summed E-state index contributed by atoms with van der Waals surface area (Å²) < 4.78 is 51.3. The van der Waals surface area contributed by atoms with Gasteiger partial charge in [-0.15, -0.1) is 13.2 Å². The Kier molecular flexibility index (Phi) is 6.46. The zero-order chi connectivity index (χ0) is 21.7. The molecule has 0 aromatic heterocycles. The lowest BCUT2D eigenvalue weighted by molar-refractivity contribution is -0.274. The van der Waals surface area contributed by atoms with E-state index in [1.807, 2.05) is 0 Å². The molecule has 1 aliphatic heterocycles. The van der Waals surface area contributed by atoms with E-state index in [2.05, 4.69) is 10.1 Å². The average molecular weight is 424 g/mol.